The minimum absolute atomic E-state index is 0.130. The number of hydrogen-bond acceptors (Lipinski definition) is 3. The van der Waals surface area contributed by atoms with Crippen LogP contribution in [0.3, 0.4) is 0 Å². The quantitative estimate of drug-likeness (QED) is 0.862. The fourth-order valence-electron chi connectivity index (χ4n) is 3.37. The summed E-state index contributed by atoms with van der Waals surface area (Å²) in [7, 11) is 0. The highest BCUT2D eigenvalue weighted by molar-refractivity contribution is 5.19. The lowest BCUT2D eigenvalue weighted by molar-refractivity contribution is 0.00910. The van der Waals surface area contributed by atoms with Gasteiger partial charge < -0.3 is 5.11 Å². The maximum atomic E-state index is 10.8. The van der Waals surface area contributed by atoms with Gasteiger partial charge in [-0.3, -0.25) is 9.88 Å². The molecule has 0 saturated carbocycles. The van der Waals surface area contributed by atoms with Crippen molar-refractivity contribution in [1.82, 2.24) is 9.88 Å². The molecule has 2 rings (SSSR count). The molecule has 3 heteroatoms. The third-order valence-corrected chi connectivity index (χ3v) is 5.01. The second-order valence-electron chi connectivity index (χ2n) is 7.20. The minimum Gasteiger partial charge on any atom is -0.377 e. The summed E-state index contributed by atoms with van der Waals surface area (Å²) in [6.07, 6.45) is 7.42. The fraction of sp³-hybridized carbons (Fsp3) is 0.650. The van der Waals surface area contributed by atoms with E-state index < -0.39 is 5.60 Å². The largest absolute Gasteiger partial charge is 0.377 e. The minimum atomic E-state index is -0.903. The second-order valence-corrected chi connectivity index (χ2v) is 7.20. The molecule has 1 atom stereocenters. The molecule has 0 aromatic carbocycles. The Labute approximate surface area is 141 Å². The van der Waals surface area contributed by atoms with Gasteiger partial charge in [-0.15, -0.1) is 0 Å². The molecule has 0 unspecified atom stereocenters. The summed E-state index contributed by atoms with van der Waals surface area (Å²) in [5.41, 5.74) is 0.372. The van der Waals surface area contributed by atoms with Crippen molar-refractivity contribution in [1.29, 1.82) is 0 Å². The van der Waals surface area contributed by atoms with Crippen LogP contribution in [0.1, 0.15) is 58.6 Å². The molecular formula is C20H30N2O. The van der Waals surface area contributed by atoms with Gasteiger partial charge in [0.15, 0.2) is 0 Å². The van der Waals surface area contributed by atoms with Crippen LogP contribution in [0.15, 0.2) is 24.5 Å². The van der Waals surface area contributed by atoms with Gasteiger partial charge in [0.05, 0.1) is 6.54 Å². The highest BCUT2D eigenvalue weighted by Crippen LogP contribution is 2.30. The van der Waals surface area contributed by atoms with Crippen LogP contribution in [0.4, 0.5) is 0 Å². The Balaban J connectivity index is 2.10. The van der Waals surface area contributed by atoms with E-state index >= 15 is 0 Å². The number of rotatable bonds is 4. The zero-order valence-corrected chi connectivity index (χ0v) is 14.9. The van der Waals surface area contributed by atoms with Crippen LogP contribution in [-0.2, 0) is 0 Å². The average molecular weight is 314 g/mol. The van der Waals surface area contributed by atoms with E-state index in [1.54, 1.807) is 0 Å². The lowest BCUT2D eigenvalue weighted by atomic mass is 9.81. The number of hydrogen-bond donors (Lipinski definition) is 1. The molecule has 1 aromatic rings. The number of pyridine rings is 1. The van der Waals surface area contributed by atoms with E-state index in [0.717, 1.165) is 13.0 Å². The molecule has 1 aromatic heterocycles. The summed E-state index contributed by atoms with van der Waals surface area (Å²) in [6, 6.07) is 4.56. The van der Waals surface area contributed by atoms with Gasteiger partial charge in [0, 0.05) is 18.4 Å². The van der Waals surface area contributed by atoms with Crippen molar-refractivity contribution in [3.05, 3.63) is 30.1 Å². The Morgan fingerprint density at radius 3 is 2.65 bits per heavy atom. The van der Waals surface area contributed by atoms with Crippen LogP contribution in [-0.4, -0.2) is 33.7 Å². The Hall–Kier alpha value is -1.37. The van der Waals surface area contributed by atoms with Gasteiger partial charge in [0.25, 0.3) is 0 Å². The van der Waals surface area contributed by atoms with Gasteiger partial charge in [-0.05, 0) is 42.9 Å². The predicted octanol–water partition coefficient (Wildman–Crippen LogP) is 3.66. The van der Waals surface area contributed by atoms with E-state index in [0.29, 0.717) is 12.6 Å². The Bertz CT molecular complexity index is 534. The van der Waals surface area contributed by atoms with Crippen molar-refractivity contribution < 1.29 is 5.11 Å². The average Bonchev–Trinajstić information content (AvgIpc) is 2.55. The van der Waals surface area contributed by atoms with E-state index in [2.05, 4.69) is 27.8 Å². The van der Waals surface area contributed by atoms with Crippen LogP contribution in [0.5, 0.6) is 0 Å². The van der Waals surface area contributed by atoms with Crippen LogP contribution in [0.2, 0.25) is 0 Å². The third-order valence-electron chi connectivity index (χ3n) is 5.01. The molecule has 2 heterocycles. The zero-order chi connectivity index (χ0) is 16.9. The van der Waals surface area contributed by atoms with Gasteiger partial charge in [-0.25, -0.2) is 0 Å². The van der Waals surface area contributed by atoms with Crippen molar-refractivity contribution in [3.8, 4) is 11.8 Å². The monoisotopic (exact) mass is 314 g/mol. The lowest BCUT2D eigenvalue weighted by Gasteiger charge is -2.35. The molecule has 1 aliphatic heterocycles. The van der Waals surface area contributed by atoms with Crippen LogP contribution in [0.25, 0.3) is 0 Å². The van der Waals surface area contributed by atoms with E-state index in [4.69, 9.17) is 0 Å². The fourth-order valence-corrected chi connectivity index (χ4v) is 3.37. The van der Waals surface area contributed by atoms with Crippen LogP contribution >= 0.6 is 0 Å². The van der Waals surface area contributed by atoms with E-state index in [1.165, 1.54) is 18.4 Å². The van der Waals surface area contributed by atoms with Crippen molar-refractivity contribution in [2.24, 2.45) is 11.8 Å². The molecule has 1 aliphatic rings. The molecule has 0 aliphatic carbocycles. The Kier molecular flexibility index (Phi) is 6.21. The number of aliphatic hydroxyl groups is 1. The molecule has 3 nitrogen and oxygen atoms in total. The first-order valence-corrected chi connectivity index (χ1v) is 8.81. The molecule has 126 valence electrons. The first-order valence-electron chi connectivity index (χ1n) is 8.81. The summed E-state index contributed by atoms with van der Waals surface area (Å²) < 4.78 is 0. The summed E-state index contributed by atoms with van der Waals surface area (Å²) in [5.74, 6) is 6.69. The smallest absolute Gasteiger partial charge is 0.130 e. The Morgan fingerprint density at radius 1 is 1.30 bits per heavy atom. The molecule has 0 spiro atoms. The second kappa shape index (κ2) is 7.95. The highest BCUT2D eigenvalue weighted by Gasteiger charge is 2.32. The van der Waals surface area contributed by atoms with Crippen molar-refractivity contribution >= 4 is 0 Å². The Morgan fingerprint density at radius 2 is 2.04 bits per heavy atom. The third kappa shape index (κ3) is 4.34. The maximum absolute atomic E-state index is 10.8. The number of aromatic nitrogens is 1. The normalized spacial score (nSPS) is 19.7. The van der Waals surface area contributed by atoms with Gasteiger partial charge in [0.1, 0.15) is 5.60 Å². The maximum Gasteiger partial charge on any atom is 0.130 e. The number of nitrogens with zero attached hydrogens (tertiary/aromatic N) is 2. The first-order chi connectivity index (χ1) is 10.9. The predicted molar refractivity (Wildman–Crippen MR) is 94.8 cm³/mol. The molecule has 1 N–H and O–H groups in total. The number of piperidine rings is 1. The van der Waals surface area contributed by atoms with Crippen molar-refractivity contribution in [2.75, 3.05) is 13.1 Å². The van der Waals surface area contributed by atoms with Gasteiger partial charge in [-0.1, -0.05) is 52.0 Å². The zero-order valence-electron chi connectivity index (χ0n) is 14.9. The lowest BCUT2D eigenvalue weighted by Crippen LogP contribution is -2.39. The molecule has 0 bridgehead atoms. The first kappa shape index (κ1) is 18.0. The number of likely N-dealkylation sites (tertiary alicyclic amines) is 1. The van der Waals surface area contributed by atoms with Crippen molar-refractivity contribution in [2.45, 2.75) is 58.6 Å². The molecule has 0 amide bonds. The standard InChI is InChI=1S/C20H30N2O/c1-16(2)20(23,17(3)4)11-8-14-22-13-6-5-10-19(22)18-9-7-12-21-15-18/h7,9,12,15-17,19,23H,5-6,10,13-14H2,1-4H3/t19-/m1/s1. The van der Waals surface area contributed by atoms with Gasteiger partial charge in [0.2, 0.25) is 0 Å². The highest BCUT2D eigenvalue weighted by atomic mass is 16.3. The van der Waals surface area contributed by atoms with E-state index in [1.807, 2.05) is 46.2 Å². The van der Waals surface area contributed by atoms with Crippen LogP contribution < -0.4 is 0 Å². The van der Waals surface area contributed by atoms with E-state index in [-0.39, 0.29) is 11.8 Å². The molecule has 23 heavy (non-hydrogen) atoms. The van der Waals surface area contributed by atoms with Crippen LogP contribution in [0, 0.1) is 23.7 Å². The molecule has 1 fully saturated rings. The summed E-state index contributed by atoms with van der Waals surface area (Å²) >= 11 is 0. The topological polar surface area (TPSA) is 36.4 Å². The summed E-state index contributed by atoms with van der Waals surface area (Å²) in [6.45, 7) is 9.92. The summed E-state index contributed by atoms with van der Waals surface area (Å²) in [4.78, 5) is 6.68. The molecular weight excluding hydrogens is 284 g/mol. The van der Waals surface area contributed by atoms with Gasteiger partial charge in [-0.2, -0.15) is 0 Å². The summed E-state index contributed by atoms with van der Waals surface area (Å²) in [5, 5.41) is 10.8. The molecule has 0 radical (unpaired) electrons. The van der Waals surface area contributed by atoms with Crippen molar-refractivity contribution in [3.63, 3.8) is 0 Å². The van der Waals surface area contributed by atoms with Gasteiger partial charge >= 0.3 is 0 Å². The van der Waals surface area contributed by atoms with E-state index in [9.17, 15) is 5.11 Å². The SMILES string of the molecule is CC(C)C(O)(C#CCN1CCCC[C@@H]1c1cccnc1)C(C)C. The molecule has 1 saturated heterocycles.